The molecule has 0 saturated carbocycles. The summed E-state index contributed by atoms with van der Waals surface area (Å²) in [6.45, 7) is 3.42. The number of Topliss-reactive ketones (excluding diaryl/α,β-unsaturated/α-hetero) is 1. The van der Waals surface area contributed by atoms with Crippen molar-refractivity contribution in [2.75, 3.05) is 0 Å². The summed E-state index contributed by atoms with van der Waals surface area (Å²) in [5, 5.41) is 0. The average Bonchev–Trinajstić information content (AvgIpc) is 2.16. The van der Waals surface area contributed by atoms with Crippen LogP contribution in [0.25, 0.3) is 0 Å². The molecular weight excluding hydrogens is 244 g/mol. The quantitative estimate of drug-likeness (QED) is 0.614. The highest BCUT2D eigenvalue weighted by atomic mass is 79.9. The molecule has 1 atom stereocenters. The highest BCUT2D eigenvalue weighted by Gasteiger charge is 2.16. The molecule has 0 aliphatic carbocycles. The zero-order valence-corrected chi connectivity index (χ0v) is 9.67. The molecular formula is C11H11BrO2. The van der Waals surface area contributed by atoms with Crippen LogP contribution >= 0.6 is 15.9 Å². The summed E-state index contributed by atoms with van der Waals surface area (Å²) in [6, 6.07) is 5.44. The zero-order valence-electron chi connectivity index (χ0n) is 8.08. The molecule has 0 saturated heterocycles. The Morgan fingerprint density at radius 2 is 2.14 bits per heavy atom. The topological polar surface area (TPSA) is 34.1 Å². The largest absolute Gasteiger partial charge is 0.298 e. The maximum Gasteiger partial charge on any atom is 0.150 e. The number of ketones is 1. The first kappa shape index (κ1) is 11.1. The first-order chi connectivity index (χ1) is 6.56. The molecule has 74 valence electrons. The summed E-state index contributed by atoms with van der Waals surface area (Å²) in [5.41, 5.74) is 2.34. The fourth-order valence-corrected chi connectivity index (χ4v) is 1.64. The second-order valence-electron chi connectivity index (χ2n) is 3.22. The van der Waals surface area contributed by atoms with Crippen LogP contribution in [0.2, 0.25) is 0 Å². The smallest absolute Gasteiger partial charge is 0.150 e. The van der Waals surface area contributed by atoms with E-state index >= 15 is 0 Å². The molecule has 0 fully saturated rings. The number of aryl methyl sites for hydroxylation is 1. The monoisotopic (exact) mass is 254 g/mol. The van der Waals surface area contributed by atoms with E-state index in [1.807, 2.05) is 19.1 Å². The van der Waals surface area contributed by atoms with E-state index in [2.05, 4.69) is 15.9 Å². The molecule has 3 heteroatoms. The van der Waals surface area contributed by atoms with Gasteiger partial charge in [-0.25, -0.2) is 0 Å². The third-order valence-electron chi connectivity index (χ3n) is 2.00. The van der Waals surface area contributed by atoms with Crippen LogP contribution in [0.1, 0.15) is 33.2 Å². The van der Waals surface area contributed by atoms with Gasteiger partial charge in [-0.05, 0) is 19.4 Å². The van der Waals surface area contributed by atoms with Crippen LogP contribution in [0, 0.1) is 6.92 Å². The van der Waals surface area contributed by atoms with E-state index in [1.165, 1.54) is 6.92 Å². The number of rotatable bonds is 3. The Morgan fingerprint density at radius 3 is 2.64 bits per heavy atom. The molecule has 1 aromatic carbocycles. The van der Waals surface area contributed by atoms with Gasteiger partial charge in [0.2, 0.25) is 0 Å². The second kappa shape index (κ2) is 4.51. The highest BCUT2D eigenvalue weighted by molar-refractivity contribution is 9.09. The van der Waals surface area contributed by atoms with Crippen molar-refractivity contribution in [3.8, 4) is 0 Å². The number of aldehydes is 1. The van der Waals surface area contributed by atoms with Gasteiger partial charge in [0, 0.05) is 5.56 Å². The summed E-state index contributed by atoms with van der Waals surface area (Å²) in [5.74, 6) is -0.00120. The van der Waals surface area contributed by atoms with Gasteiger partial charge in [0.05, 0.1) is 4.83 Å². The van der Waals surface area contributed by atoms with Crippen molar-refractivity contribution in [1.29, 1.82) is 0 Å². The van der Waals surface area contributed by atoms with Crippen LogP contribution in [0.5, 0.6) is 0 Å². The molecule has 0 amide bonds. The molecule has 0 heterocycles. The molecule has 0 aliphatic heterocycles. The predicted octanol–water partition coefficient (Wildman–Crippen LogP) is 2.83. The minimum Gasteiger partial charge on any atom is -0.298 e. The molecule has 0 aliphatic rings. The van der Waals surface area contributed by atoms with Crippen LogP contribution < -0.4 is 0 Å². The van der Waals surface area contributed by atoms with Crippen LogP contribution in [-0.2, 0) is 4.79 Å². The van der Waals surface area contributed by atoms with E-state index < -0.39 is 0 Å². The van der Waals surface area contributed by atoms with Gasteiger partial charge < -0.3 is 0 Å². The predicted molar refractivity (Wildman–Crippen MR) is 58.9 cm³/mol. The molecule has 0 spiro atoms. The van der Waals surface area contributed by atoms with Crippen LogP contribution in [-0.4, -0.2) is 12.1 Å². The Morgan fingerprint density at radius 1 is 1.50 bits per heavy atom. The Labute approximate surface area is 91.4 Å². The number of benzene rings is 1. The maximum absolute atomic E-state index is 11.2. The van der Waals surface area contributed by atoms with E-state index in [1.54, 1.807) is 6.07 Å². The van der Waals surface area contributed by atoms with E-state index in [9.17, 15) is 9.59 Å². The molecule has 0 aromatic heterocycles. The average molecular weight is 255 g/mol. The maximum atomic E-state index is 11.2. The number of hydrogen-bond donors (Lipinski definition) is 0. The van der Waals surface area contributed by atoms with Crippen molar-refractivity contribution < 1.29 is 9.59 Å². The van der Waals surface area contributed by atoms with Gasteiger partial charge in [0.25, 0.3) is 0 Å². The first-order valence-electron chi connectivity index (χ1n) is 4.26. The van der Waals surface area contributed by atoms with Crippen LogP contribution in [0.4, 0.5) is 0 Å². The Hall–Kier alpha value is -0.960. The van der Waals surface area contributed by atoms with Gasteiger partial charge in [-0.15, -0.1) is 0 Å². The van der Waals surface area contributed by atoms with Gasteiger partial charge in [-0.3, -0.25) is 9.59 Å². The van der Waals surface area contributed by atoms with E-state index in [4.69, 9.17) is 0 Å². The molecule has 1 rings (SSSR count). The fraction of sp³-hybridized carbons (Fsp3) is 0.273. The summed E-state index contributed by atoms with van der Waals surface area (Å²) >= 11 is 3.27. The van der Waals surface area contributed by atoms with Gasteiger partial charge in [0.1, 0.15) is 12.1 Å². The Bertz CT molecular complexity index is 372. The van der Waals surface area contributed by atoms with Gasteiger partial charge in [-0.1, -0.05) is 39.7 Å². The molecule has 0 radical (unpaired) electrons. The lowest BCUT2D eigenvalue weighted by molar-refractivity contribution is -0.116. The van der Waals surface area contributed by atoms with Gasteiger partial charge >= 0.3 is 0 Å². The van der Waals surface area contributed by atoms with E-state index in [0.29, 0.717) is 5.56 Å². The van der Waals surface area contributed by atoms with Crippen molar-refractivity contribution in [2.24, 2.45) is 0 Å². The van der Waals surface area contributed by atoms with Crippen molar-refractivity contribution >= 4 is 28.0 Å². The Kier molecular flexibility index (Phi) is 3.58. The summed E-state index contributed by atoms with van der Waals surface area (Å²) in [4.78, 5) is 21.5. The third-order valence-corrected chi connectivity index (χ3v) is 3.14. The molecule has 2 nitrogen and oxygen atoms in total. The van der Waals surface area contributed by atoms with Crippen LogP contribution in [0.15, 0.2) is 18.2 Å². The Balaban J connectivity index is 3.23. The molecule has 0 bridgehead atoms. The zero-order chi connectivity index (χ0) is 10.7. The lowest BCUT2D eigenvalue weighted by Gasteiger charge is -2.09. The van der Waals surface area contributed by atoms with Crippen molar-refractivity contribution in [2.45, 2.75) is 18.7 Å². The fourth-order valence-electron chi connectivity index (χ4n) is 1.24. The summed E-state index contributed by atoms with van der Waals surface area (Å²) < 4.78 is 0. The second-order valence-corrected chi connectivity index (χ2v) is 4.14. The van der Waals surface area contributed by atoms with Gasteiger partial charge in [0.15, 0.2) is 0 Å². The normalized spacial score (nSPS) is 12.2. The molecule has 14 heavy (non-hydrogen) atoms. The van der Waals surface area contributed by atoms with E-state index in [0.717, 1.165) is 17.4 Å². The van der Waals surface area contributed by atoms with Crippen molar-refractivity contribution in [1.82, 2.24) is 0 Å². The molecule has 0 N–H and O–H groups in total. The SMILES string of the molecule is CC(=O)C(Br)c1cc(C)ccc1C=O. The highest BCUT2D eigenvalue weighted by Crippen LogP contribution is 2.26. The number of carbonyl (C=O) groups excluding carboxylic acids is 2. The number of alkyl halides is 1. The third kappa shape index (κ3) is 2.29. The minimum absolute atomic E-state index is 0.00120. The van der Waals surface area contributed by atoms with Crippen molar-refractivity contribution in [3.05, 3.63) is 34.9 Å². The van der Waals surface area contributed by atoms with E-state index in [-0.39, 0.29) is 10.6 Å². The van der Waals surface area contributed by atoms with Crippen molar-refractivity contribution in [3.63, 3.8) is 0 Å². The molecule has 1 aromatic rings. The summed E-state index contributed by atoms with van der Waals surface area (Å²) in [7, 11) is 0. The number of halogens is 1. The van der Waals surface area contributed by atoms with Crippen LogP contribution in [0.3, 0.4) is 0 Å². The minimum atomic E-state index is -0.386. The lowest BCUT2D eigenvalue weighted by Crippen LogP contribution is -2.04. The standard InChI is InChI=1S/C11H11BrO2/c1-7-3-4-9(6-13)10(5-7)11(12)8(2)14/h3-6,11H,1-2H3. The van der Waals surface area contributed by atoms with Gasteiger partial charge in [-0.2, -0.15) is 0 Å². The summed E-state index contributed by atoms with van der Waals surface area (Å²) in [6.07, 6.45) is 0.770. The lowest BCUT2D eigenvalue weighted by atomic mass is 10.0. The molecule has 1 unspecified atom stereocenters. The number of carbonyl (C=O) groups is 2. The first-order valence-corrected chi connectivity index (χ1v) is 5.18. The number of hydrogen-bond acceptors (Lipinski definition) is 2.